The van der Waals surface area contributed by atoms with Crippen LogP contribution in [0.3, 0.4) is 0 Å². The summed E-state index contributed by atoms with van der Waals surface area (Å²) in [6.45, 7) is 3.13. The van der Waals surface area contributed by atoms with Crippen LogP contribution in [0.2, 0.25) is 0 Å². The third-order valence-corrected chi connectivity index (χ3v) is 4.72. The third-order valence-electron chi connectivity index (χ3n) is 4.72. The quantitative estimate of drug-likeness (QED) is 0.220. The van der Waals surface area contributed by atoms with Gasteiger partial charge in [0.05, 0.1) is 12.6 Å². The fourth-order valence-corrected chi connectivity index (χ4v) is 3.18. The first-order valence-corrected chi connectivity index (χ1v) is 9.59. The molecule has 2 aliphatic heterocycles. The fraction of sp³-hybridized carbons (Fsp3) is 0.579. The number of carbonyl (C=O) groups excluding carboxylic acids is 6. The summed E-state index contributed by atoms with van der Waals surface area (Å²) in [6.07, 6.45) is -2.09. The third kappa shape index (κ3) is 5.60. The molecule has 0 bridgehead atoms. The summed E-state index contributed by atoms with van der Waals surface area (Å²) in [7, 11) is 2.45. The van der Waals surface area contributed by atoms with Gasteiger partial charge in [0.15, 0.2) is 12.2 Å². The van der Waals surface area contributed by atoms with E-state index in [1.165, 1.54) is 21.0 Å². The van der Waals surface area contributed by atoms with Gasteiger partial charge in [-0.3, -0.25) is 33.8 Å². The molecule has 2 unspecified atom stereocenters. The van der Waals surface area contributed by atoms with Gasteiger partial charge >= 0.3 is 23.9 Å². The first kappa shape index (κ1) is 24.8. The number of hydrogen-bond donors (Lipinski definition) is 1. The minimum Gasteiger partial charge on any atom is -0.463 e. The number of likely N-dealkylation sites (N-methyl/N-ethyl adjacent to an activating group) is 2. The first-order valence-electron chi connectivity index (χ1n) is 9.59. The highest BCUT2D eigenvalue weighted by molar-refractivity contribution is 6.28. The van der Waals surface area contributed by atoms with E-state index >= 15 is 0 Å². The van der Waals surface area contributed by atoms with Crippen LogP contribution < -0.4 is 5.32 Å². The Hall–Kier alpha value is -3.48. The number of barbiturate groups is 1. The minimum atomic E-state index is -1.15. The van der Waals surface area contributed by atoms with Gasteiger partial charge in [-0.05, 0) is 0 Å². The van der Waals surface area contributed by atoms with Gasteiger partial charge in [-0.15, -0.1) is 0 Å². The smallest absolute Gasteiger partial charge is 0.333 e. The van der Waals surface area contributed by atoms with E-state index in [-0.39, 0.29) is 18.8 Å². The van der Waals surface area contributed by atoms with Crippen molar-refractivity contribution in [2.45, 2.75) is 45.1 Å². The molecule has 4 amide bonds. The zero-order chi connectivity index (χ0) is 24.2. The van der Waals surface area contributed by atoms with Gasteiger partial charge in [-0.25, -0.2) is 4.79 Å². The van der Waals surface area contributed by atoms with Crippen molar-refractivity contribution in [3.8, 4) is 0 Å². The Kier molecular flexibility index (Phi) is 7.92. The zero-order valence-corrected chi connectivity index (χ0v) is 18.3. The molecule has 2 aliphatic rings. The molecule has 0 saturated carbocycles. The van der Waals surface area contributed by atoms with Crippen molar-refractivity contribution in [3.63, 3.8) is 0 Å². The van der Waals surface area contributed by atoms with Crippen molar-refractivity contribution >= 4 is 35.8 Å². The summed E-state index contributed by atoms with van der Waals surface area (Å²) >= 11 is 0. The molecule has 2 heterocycles. The van der Waals surface area contributed by atoms with Gasteiger partial charge in [-0.2, -0.15) is 0 Å². The van der Waals surface area contributed by atoms with Crippen LogP contribution in [-0.2, 0) is 42.9 Å². The number of hydrogen-bond acceptors (Lipinski definition) is 11. The van der Waals surface area contributed by atoms with Crippen molar-refractivity contribution in [1.29, 1.82) is 0 Å². The van der Waals surface area contributed by atoms with E-state index in [9.17, 15) is 28.8 Å². The number of esters is 3. The largest absolute Gasteiger partial charge is 0.463 e. The number of rotatable bonds is 6. The van der Waals surface area contributed by atoms with E-state index in [4.69, 9.17) is 18.9 Å². The van der Waals surface area contributed by atoms with E-state index in [2.05, 4.69) is 5.32 Å². The predicted octanol–water partition coefficient (Wildman–Crippen LogP) is -1.30. The standard InChI is InChI=1S/C19H25N3O10/c1-9(23)29-8-14-16(32-11(3)25)15(31-10(2)24)13(7-30-14)20-6-12-17(26)21(4)19(28)22(5)18(12)27/h6,13-16,20H,7-8H2,1-5H3/t13?,14?,15-,16-/m1/s1. The van der Waals surface area contributed by atoms with Crippen LogP contribution in [-0.4, -0.2) is 97.2 Å². The molecule has 1 N–H and O–H groups in total. The number of carbonyl (C=O) groups is 6. The molecule has 0 aromatic heterocycles. The fourth-order valence-electron chi connectivity index (χ4n) is 3.18. The van der Waals surface area contributed by atoms with Gasteiger partial charge in [0.2, 0.25) is 0 Å². The Morgan fingerprint density at radius 2 is 1.50 bits per heavy atom. The van der Waals surface area contributed by atoms with Gasteiger partial charge in [-0.1, -0.05) is 0 Å². The second-order valence-corrected chi connectivity index (χ2v) is 7.16. The highest BCUT2D eigenvalue weighted by atomic mass is 16.6. The lowest BCUT2D eigenvalue weighted by atomic mass is 9.97. The van der Waals surface area contributed by atoms with Crippen LogP contribution in [0, 0.1) is 0 Å². The molecular weight excluding hydrogens is 430 g/mol. The minimum absolute atomic E-state index is 0.113. The monoisotopic (exact) mass is 455 g/mol. The number of imide groups is 2. The van der Waals surface area contributed by atoms with Crippen LogP contribution in [0.1, 0.15) is 20.8 Å². The van der Waals surface area contributed by atoms with Crippen molar-refractivity contribution in [2.24, 2.45) is 0 Å². The number of nitrogens with zero attached hydrogens (tertiary/aromatic N) is 2. The average Bonchev–Trinajstić information content (AvgIpc) is 2.71. The van der Waals surface area contributed by atoms with E-state index < -0.39 is 60.1 Å². The molecule has 4 atom stereocenters. The lowest BCUT2D eigenvalue weighted by Gasteiger charge is -2.41. The number of ether oxygens (including phenoxy) is 4. The molecule has 0 aliphatic carbocycles. The van der Waals surface area contributed by atoms with Crippen LogP contribution in [0.15, 0.2) is 11.8 Å². The van der Waals surface area contributed by atoms with Crippen LogP contribution in [0.25, 0.3) is 0 Å². The molecule has 2 rings (SSSR count). The molecule has 0 spiro atoms. The SMILES string of the molecule is CC(=O)OCC1OCC(NC=C2C(=O)N(C)C(=O)N(C)C2=O)[C@@H](OC(C)=O)[C@@H]1OC(C)=O. The van der Waals surface area contributed by atoms with Gasteiger partial charge in [0.25, 0.3) is 11.8 Å². The molecule has 176 valence electrons. The number of urea groups is 1. The highest BCUT2D eigenvalue weighted by Crippen LogP contribution is 2.23. The number of amides is 4. The van der Waals surface area contributed by atoms with Crippen LogP contribution in [0.4, 0.5) is 4.79 Å². The maximum atomic E-state index is 12.3. The molecule has 0 radical (unpaired) electrons. The van der Waals surface area contributed by atoms with E-state index in [0.717, 1.165) is 29.8 Å². The van der Waals surface area contributed by atoms with Crippen LogP contribution in [0.5, 0.6) is 0 Å². The lowest BCUT2D eigenvalue weighted by Crippen LogP contribution is -2.61. The summed E-state index contributed by atoms with van der Waals surface area (Å²) in [6, 6.07) is -1.63. The van der Waals surface area contributed by atoms with Gasteiger partial charge < -0.3 is 24.3 Å². The van der Waals surface area contributed by atoms with Crippen molar-refractivity contribution in [3.05, 3.63) is 11.8 Å². The molecule has 0 aromatic rings. The van der Waals surface area contributed by atoms with Crippen molar-refractivity contribution in [2.75, 3.05) is 27.3 Å². The van der Waals surface area contributed by atoms with Gasteiger partial charge in [0.1, 0.15) is 18.3 Å². The van der Waals surface area contributed by atoms with Crippen LogP contribution >= 0.6 is 0 Å². The molecule has 0 aromatic carbocycles. The summed E-state index contributed by atoms with van der Waals surface area (Å²) in [5.74, 6) is -3.61. The molecule has 13 nitrogen and oxygen atoms in total. The van der Waals surface area contributed by atoms with Crippen molar-refractivity contribution in [1.82, 2.24) is 15.1 Å². The van der Waals surface area contributed by atoms with Gasteiger partial charge in [0, 0.05) is 41.1 Å². The summed E-state index contributed by atoms with van der Waals surface area (Å²) in [5, 5.41) is 2.78. The Labute approximate surface area is 183 Å². The second-order valence-electron chi connectivity index (χ2n) is 7.16. The molecule has 32 heavy (non-hydrogen) atoms. The Morgan fingerprint density at radius 1 is 0.969 bits per heavy atom. The Balaban J connectivity index is 2.30. The highest BCUT2D eigenvalue weighted by Gasteiger charge is 2.46. The summed E-state index contributed by atoms with van der Waals surface area (Å²) < 4.78 is 21.2. The van der Waals surface area contributed by atoms with E-state index in [1.807, 2.05) is 0 Å². The molecule has 2 fully saturated rings. The second kappa shape index (κ2) is 10.2. The van der Waals surface area contributed by atoms with E-state index in [0.29, 0.717) is 0 Å². The maximum Gasteiger partial charge on any atom is 0.333 e. The summed E-state index contributed by atoms with van der Waals surface area (Å²) in [5.41, 5.74) is -0.331. The topological polar surface area (TPSA) is 158 Å². The lowest BCUT2D eigenvalue weighted by molar-refractivity contribution is -0.206. The zero-order valence-electron chi connectivity index (χ0n) is 18.3. The summed E-state index contributed by atoms with van der Waals surface area (Å²) in [4.78, 5) is 72.6. The Bertz CT molecular complexity index is 828. The molecular formula is C19H25N3O10. The maximum absolute atomic E-state index is 12.3. The van der Waals surface area contributed by atoms with E-state index in [1.54, 1.807) is 0 Å². The predicted molar refractivity (Wildman–Crippen MR) is 103 cm³/mol. The average molecular weight is 455 g/mol. The normalized spacial score (nSPS) is 25.9. The molecule has 2 saturated heterocycles. The van der Waals surface area contributed by atoms with Crippen molar-refractivity contribution < 1.29 is 47.7 Å². The first-order chi connectivity index (χ1) is 14.9. The number of nitrogens with one attached hydrogen (secondary N) is 1. The Morgan fingerprint density at radius 3 is 2.00 bits per heavy atom. The molecule has 13 heteroatoms.